The van der Waals surface area contributed by atoms with Gasteiger partial charge in [0.15, 0.2) is 0 Å². The molecule has 0 bridgehead atoms. The number of ether oxygens (including phenoxy) is 2. The summed E-state index contributed by atoms with van der Waals surface area (Å²) in [6, 6.07) is -1.23. The van der Waals surface area contributed by atoms with E-state index in [9.17, 15) is 14.4 Å². The van der Waals surface area contributed by atoms with Crippen molar-refractivity contribution in [3.8, 4) is 0 Å². The van der Waals surface area contributed by atoms with E-state index >= 15 is 0 Å². The molecule has 140 valence electrons. The monoisotopic (exact) mass is 382 g/mol. The minimum absolute atomic E-state index is 0.0605. The van der Waals surface area contributed by atoms with Crippen LogP contribution in [0.1, 0.15) is 34.6 Å². The number of amides is 2. The zero-order valence-electron chi connectivity index (χ0n) is 14.5. The molecular formula is C14H26N2O6S2. The quantitative estimate of drug-likeness (QED) is 0.301. The number of carboxylic acids is 1. The maximum Gasteiger partial charge on any atom is 0.410 e. The van der Waals surface area contributed by atoms with E-state index in [0.29, 0.717) is 5.75 Å². The average molecular weight is 383 g/mol. The van der Waals surface area contributed by atoms with Crippen LogP contribution < -0.4 is 10.6 Å². The number of carboxylic acid groups (broad SMARTS) is 1. The lowest BCUT2D eigenvalue weighted by molar-refractivity contribution is -0.140. The highest BCUT2D eigenvalue weighted by Gasteiger charge is 2.34. The molecule has 0 fully saturated rings. The molecule has 3 atom stereocenters. The highest BCUT2D eigenvalue weighted by atomic mass is 32.1. The number of hydrogen-bond donors (Lipinski definition) is 5. The van der Waals surface area contributed by atoms with Crippen molar-refractivity contribution >= 4 is 43.2 Å². The lowest BCUT2D eigenvalue weighted by Gasteiger charge is -2.30. The molecule has 0 saturated carbocycles. The van der Waals surface area contributed by atoms with Crippen LogP contribution in [0.15, 0.2) is 0 Å². The topological polar surface area (TPSA) is 114 Å². The molecule has 0 heterocycles. The minimum Gasteiger partial charge on any atom is -0.480 e. The number of carbonyl (C=O) groups is 3. The summed E-state index contributed by atoms with van der Waals surface area (Å²) >= 11 is 8.31. The van der Waals surface area contributed by atoms with E-state index in [1.54, 1.807) is 20.8 Å². The second kappa shape index (κ2) is 9.38. The first kappa shape index (κ1) is 22.9. The van der Waals surface area contributed by atoms with Crippen LogP contribution in [0, 0.1) is 0 Å². The van der Waals surface area contributed by atoms with Crippen LogP contribution in [-0.4, -0.2) is 58.1 Å². The van der Waals surface area contributed by atoms with Gasteiger partial charge in [0.25, 0.3) is 0 Å². The van der Waals surface area contributed by atoms with Gasteiger partial charge in [0.05, 0.1) is 12.1 Å². The maximum atomic E-state index is 11.8. The number of carbonyl (C=O) groups excluding carboxylic acids is 2. The molecule has 8 nitrogen and oxygen atoms in total. The molecule has 24 heavy (non-hydrogen) atoms. The van der Waals surface area contributed by atoms with Crippen LogP contribution in [0.4, 0.5) is 4.79 Å². The molecule has 0 spiro atoms. The Morgan fingerprint density at radius 3 is 2.17 bits per heavy atom. The molecule has 0 rings (SSSR count). The van der Waals surface area contributed by atoms with Crippen molar-refractivity contribution < 1.29 is 29.0 Å². The van der Waals surface area contributed by atoms with Crippen molar-refractivity contribution in [2.24, 2.45) is 0 Å². The molecule has 10 heteroatoms. The van der Waals surface area contributed by atoms with Gasteiger partial charge in [0, 0.05) is 17.4 Å². The Hall–Kier alpha value is -1.13. The number of rotatable bonds is 9. The molecule has 0 aromatic rings. The van der Waals surface area contributed by atoms with Gasteiger partial charge in [0.2, 0.25) is 12.2 Å². The second-order valence-corrected chi connectivity index (χ2v) is 7.72. The Kier molecular flexibility index (Phi) is 8.94. The Labute approximate surface area is 152 Å². The van der Waals surface area contributed by atoms with Crippen molar-refractivity contribution in [1.29, 1.82) is 0 Å². The summed E-state index contributed by atoms with van der Waals surface area (Å²) in [5, 5.41) is 14.0. The third kappa shape index (κ3) is 8.65. The van der Waals surface area contributed by atoms with Crippen LogP contribution in [0.2, 0.25) is 0 Å². The first-order chi connectivity index (χ1) is 10.8. The summed E-state index contributed by atoms with van der Waals surface area (Å²) in [5.74, 6) is -1.14. The van der Waals surface area contributed by atoms with E-state index in [0.717, 1.165) is 0 Å². The van der Waals surface area contributed by atoms with Crippen molar-refractivity contribution in [2.45, 2.75) is 57.2 Å². The van der Waals surface area contributed by atoms with Gasteiger partial charge < -0.3 is 25.2 Å². The van der Waals surface area contributed by atoms with E-state index in [2.05, 4.69) is 35.9 Å². The molecule has 0 aromatic heterocycles. The van der Waals surface area contributed by atoms with Crippen LogP contribution in [-0.2, 0) is 19.1 Å². The van der Waals surface area contributed by atoms with Gasteiger partial charge >= 0.3 is 12.1 Å². The standard InChI is InChI=1S/C14H26N2O6S2/c1-8(17)16-14(5,7-23)6-21-9(2)22-12(20)15-10(11(18)19)13(3,4)24/h9-10,23-24H,6-7H2,1-5H3,(H,15,20)(H,16,17)(H,18,19)/t9?,10-,14?/m0/s1. The van der Waals surface area contributed by atoms with E-state index < -0.39 is 34.7 Å². The molecule has 0 aliphatic heterocycles. The fourth-order valence-corrected chi connectivity index (χ4v) is 2.07. The third-order valence-corrected chi connectivity index (χ3v) is 3.91. The molecule has 0 saturated heterocycles. The summed E-state index contributed by atoms with van der Waals surface area (Å²) in [4.78, 5) is 34.1. The predicted octanol–water partition coefficient (Wildman–Crippen LogP) is 1.06. The van der Waals surface area contributed by atoms with Gasteiger partial charge in [-0.15, -0.1) is 0 Å². The molecule has 2 unspecified atom stereocenters. The second-order valence-electron chi connectivity index (χ2n) is 6.25. The van der Waals surface area contributed by atoms with Crippen molar-refractivity contribution in [1.82, 2.24) is 10.6 Å². The van der Waals surface area contributed by atoms with Gasteiger partial charge in [-0.05, 0) is 27.7 Å². The van der Waals surface area contributed by atoms with E-state index in [-0.39, 0.29) is 12.5 Å². The molecule has 0 aromatic carbocycles. The summed E-state index contributed by atoms with van der Waals surface area (Å²) in [7, 11) is 0. The van der Waals surface area contributed by atoms with E-state index in [1.165, 1.54) is 13.8 Å². The maximum absolute atomic E-state index is 11.8. The number of thiol groups is 2. The highest BCUT2D eigenvalue weighted by molar-refractivity contribution is 7.81. The lowest BCUT2D eigenvalue weighted by atomic mass is 10.0. The predicted molar refractivity (Wildman–Crippen MR) is 95.6 cm³/mol. The van der Waals surface area contributed by atoms with Crippen LogP contribution in [0.3, 0.4) is 0 Å². The summed E-state index contributed by atoms with van der Waals surface area (Å²) in [6.45, 7) is 7.76. The highest BCUT2D eigenvalue weighted by Crippen LogP contribution is 2.18. The average Bonchev–Trinajstić information content (AvgIpc) is 2.40. The van der Waals surface area contributed by atoms with Gasteiger partial charge in [-0.2, -0.15) is 25.3 Å². The number of aliphatic carboxylic acids is 1. The Morgan fingerprint density at radius 2 is 1.79 bits per heavy atom. The summed E-state index contributed by atoms with van der Waals surface area (Å²) in [6.07, 6.45) is -1.89. The largest absolute Gasteiger partial charge is 0.480 e. The van der Waals surface area contributed by atoms with Crippen molar-refractivity contribution in [3.63, 3.8) is 0 Å². The number of nitrogens with one attached hydrogen (secondary N) is 2. The van der Waals surface area contributed by atoms with Crippen LogP contribution >= 0.6 is 25.3 Å². The fourth-order valence-electron chi connectivity index (χ4n) is 1.72. The van der Waals surface area contributed by atoms with Gasteiger partial charge in [0.1, 0.15) is 6.04 Å². The van der Waals surface area contributed by atoms with Crippen molar-refractivity contribution in [3.05, 3.63) is 0 Å². The van der Waals surface area contributed by atoms with Gasteiger partial charge in [-0.25, -0.2) is 9.59 Å². The Bertz CT molecular complexity index is 469. The number of hydrogen-bond acceptors (Lipinski definition) is 7. The smallest absolute Gasteiger partial charge is 0.410 e. The SMILES string of the molecule is CC(=O)NC(C)(CS)COC(C)OC(=O)N[C@@H](C(=O)O)C(C)(C)S. The zero-order chi connectivity index (χ0) is 19.1. The minimum atomic E-state index is -1.23. The third-order valence-electron chi connectivity index (χ3n) is 2.95. The number of alkyl carbamates (subject to hydrolysis) is 1. The van der Waals surface area contributed by atoms with Gasteiger partial charge in [-0.1, -0.05) is 0 Å². The molecule has 0 radical (unpaired) electrons. The lowest BCUT2D eigenvalue weighted by Crippen LogP contribution is -2.53. The van der Waals surface area contributed by atoms with Crippen LogP contribution in [0.25, 0.3) is 0 Å². The summed E-state index contributed by atoms with van der Waals surface area (Å²) < 4.78 is 9.37. The van der Waals surface area contributed by atoms with Crippen molar-refractivity contribution in [2.75, 3.05) is 12.4 Å². The van der Waals surface area contributed by atoms with Crippen LogP contribution in [0.5, 0.6) is 0 Å². The summed E-state index contributed by atoms with van der Waals surface area (Å²) in [5.41, 5.74) is -0.722. The van der Waals surface area contributed by atoms with E-state index in [1.807, 2.05) is 0 Å². The molecule has 0 aliphatic rings. The van der Waals surface area contributed by atoms with E-state index in [4.69, 9.17) is 14.6 Å². The molecule has 2 amide bonds. The Balaban J connectivity index is 4.55. The molecule has 3 N–H and O–H groups in total. The normalized spacial score (nSPS) is 16.5. The zero-order valence-corrected chi connectivity index (χ0v) is 16.2. The first-order valence-electron chi connectivity index (χ1n) is 7.24. The molecule has 0 aliphatic carbocycles. The fraction of sp³-hybridized carbons (Fsp3) is 0.786. The first-order valence-corrected chi connectivity index (χ1v) is 8.32. The molecular weight excluding hydrogens is 356 g/mol. The van der Waals surface area contributed by atoms with Gasteiger partial charge in [-0.3, -0.25) is 4.79 Å². The Morgan fingerprint density at radius 1 is 1.25 bits per heavy atom.